The van der Waals surface area contributed by atoms with Crippen molar-refractivity contribution in [3.05, 3.63) is 35.0 Å². The molecule has 2 aliphatic heterocycles. The molecule has 1 N–H and O–H groups in total. The molecule has 1 atom stereocenters. The van der Waals surface area contributed by atoms with Crippen LogP contribution in [-0.2, 0) is 4.79 Å². The van der Waals surface area contributed by atoms with Crippen LogP contribution in [0.1, 0.15) is 53.8 Å². The van der Waals surface area contributed by atoms with Crippen molar-refractivity contribution in [2.45, 2.75) is 43.9 Å². The molecule has 1 amide bonds. The summed E-state index contributed by atoms with van der Waals surface area (Å²) in [4.78, 5) is 12.4. The number of amides is 1. The quantitative estimate of drug-likeness (QED) is 0.870. The van der Waals surface area contributed by atoms with E-state index in [4.69, 9.17) is 14.6 Å². The van der Waals surface area contributed by atoms with Gasteiger partial charge in [0.2, 0.25) is 12.7 Å². The van der Waals surface area contributed by atoms with E-state index in [2.05, 4.69) is 16.1 Å². The minimum atomic E-state index is 0.0404. The molecule has 1 aromatic heterocycles. The van der Waals surface area contributed by atoms with E-state index < -0.39 is 0 Å². The van der Waals surface area contributed by atoms with Gasteiger partial charge in [-0.25, -0.2) is 4.68 Å². The number of aromatic nitrogens is 2. The zero-order valence-corrected chi connectivity index (χ0v) is 15.5. The van der Waals surface area contributed by atoms with Gasteiger partial charge in [0.1, 0.15) is 5.82 Å². The summed E-state index contributed by atoms with van der Waals surface area (Å²) in [6.45, 7) is 2.31. The summed E-state index contributed by atoms with van der Waals surface area (Å²) in [5.74, 6) is 2.90. The van der Waals surface area contributed by atoms with Gasteiger partial charge in [-0.3, -0.25) is 4.79 Å². The average molecular weight is 371 g/mol. The maximum absolute atomic E-state index is 12.4. The minimum Gasteiger partial charge on any atom is -0.454 e. The van der Waals surface area contributed by atoms with Crippen LogP contribution in [0, 0.1) is 6.92 Å². The molecule has 1 saturated carbocycles. The first-order valence-electron chi connectivity index (χ1n) is 9.10. The van der Waals surface area contributed by atoms with Crippen LogP contribution in [0.5, 0.6) is 11.5 Å². The number of rotatable bonds is 2. The van der Waals surface area contributed by atoms with Gasteiger partial charge in [-0.15, -0.1) is 11.8 Å². The summed E-state index contributed by atoms with van der Waals surface area (Å²) in [6.07, 6.45) is 4.72. The van der Waals surface area contributed by atoms with Gasteiger partial charge in [0.15, 0.2) is 11.5 Å². The Kier molecular flexibility index (Phi) is 3.85. The first-order valence-corrected chi connectivity index (χ1v) is 10.2. The molecule has 1 aromatic carbocycles. The lowest BCUT2D eigenvalue weighted by Crippen LogP contribution is -2.18. The van der Waals surface area contributed by atoms with Crippen molar-refractivity contribution in [2.24, 2.45) is 0 Å². The summed E-state index contributed by atoms with van der Waals surface area (Å²) in [5, 5.41) is 8.01. The second kappa shape index (κ2) is 6.23. The lowest BCUT2D eigenvalue weighted by atomic mass is 10.0. The Labute approximate surface area is 156 Å². The van der Waals surface area contributed by atoms with Gasteiger partial charge in [0.25, 0.3) is 0 Å². The third-order valence-electron chi connectivity index (χ3n) is 5.40. The largest absolute Gasteiger partial charge is 0.454 e. The molecule has 1 fully saturated rings. The van der Waals surface area contributed by atoms with Crippen molar-refractivity contribution in [3.8, 4) is 11.5 Å². The second-order valence-electron chi connectivity index (χ2n) is 7.08. The van der Waals surface area contributed by atoms with Gasteiger partial charge in [-0.1, -0.05) is 18.9 Å². The number of carbonyl (C=O) groups is 1. The lowest BCUT2D eigenvalue weighted by molar-refractivity contribution is -0.113. The summed E-state index contributed by atoms with van der Waals surface area (Å²) in [5.41, 5.74) is 3.22. The first-order chi connectivity index (χ1) is 12.7. The number of hydrogen-bond acceptors (Lipinski definition) is 5. The maximum Gasteiger partial charge on any atom is 0.235 e. The van der Waals surface area contributed by atoms with Crippen LogP contribution < -0.4 is 14.8 Å². The van der Waals surface area contributed by atoms with Gasteiger partial charge in [-0.2, -0.15) is 5.10 Å². The highest BCUT2D eigenvalue weighted by molar-refractivity contribution is 8.00. The van der Waals surface area contributed by atoms with Crippen LogP contribution in [0.25, 0.3) is 0 Å². The summed E-state index contributed by atoms with van der Waals surface area (Å²) in [6, 6.07) is 6.44. The van der Waals surface area contributed by atoms with E-state index in [1.165, 1.54) is 12.8 Å². The Morgan fingerprint density at radius 3 is 2.88 bits per heavy atom. The van der Waals surface area contributed by atoms with Gasteiger partial charge >= 0.3 is 0 Å². The van der Waals surface area contributed by atoms with E-state index in [0.29, 0.717) is 11.8 Å². The van der Waals surface area contributed by atoms with E-state index in [-0.39, 0.29) is 18.0 Å². The van der Waals surface area contributed by atoms with E-state index in [1.54, 1.807) is 11.8 Å². The minimum absolute atomic E-state index is 0.0404. The molecule has 136 valence electrons. The van der Waals surface area contributed by atoms with Crippen LogP contribution >= 0.6 is 11.8 Å². The molecule has 5 rings (SSSR count). The van der Waals surface area contributed by atoms with Crippen LogP contribution in [0.4, 0.5) is 5.82 Å². The number of fused-ring (bicyclic) bond motifs is 2. The molecular weight excluding hydrogens is 350 g/mol. The number of nitrogens with zero attached hydrogens (tertiary/aromatic N) is 2. The zero-order chi connectivity index (χ0) is 17.7. The van der Waals surface area contributed by atoms with Crippen molar-refractivity contribution in [2.75, 3.05) is 17.9 Å². The Bertz CT molecular complexity index is 873. The van der Waals surface area contributed by atoms with Gasteiger partial charge in [-0.05, 0) is 37.5 Å². The van der Waals surface area contributed by atoms with Crippen LogP contribution in [0.3, 0.4) is 0 Å². The van der Waals surface area contributed by atoms with Crippen molar-refractivity contribution >= 4 is 23.5 Å². The number of aryl methyl sites for hydroxylation is 1. The van der Waals surface area contributed by atoms with Crippen molar-refractivity contribution in [1.82, 2.24) is 9.78 Å². The topological polar surface area (TPSA) is 65.4 Å². The molecule has 1 aliphatic carbocycles. The highest BCUT2D eigenvalue weighted by Gasteiger charge is 2.33. The molecule has 7 heteroatoms. The third kappa shape index (κ3) is 2.57. The molecule has 3 aliphatic rings. The SMILES string of the molecule is Cc1nn(C2CCCC2)c2c1[C@@H](c1ccc3c(c1)OCO3)SCC(=O)N2. The van der Waals surface area contributed by atoms with E-state index in [9.17, 15) is 4.79 Å². The summed E-state index contributed by atoms with van der Waals surface area (Å²) >= 11 is 1.64. The van der Waals surface area contributed by atoms with Gasteiger partial charge < -0.3 is 14.8 Å². The molecule has 0 radical (unpaired) electrons. The van der Waals surface area contributed by atoms with E-state index >= 15 is 0 Å². The number of hydrogen-bond donors (Lipinski definition) is 1. The fourth-order valence-corrected chi connectivity index (χ4v) is 5.34. The number of thioether (sulfide) groups is 1. The number of ether oxygens (including phenoxy) is 2. The zero-order valence-electron chi connectivity index (χ0n) is 14.7. The first kappa shape index (κ1) is 16.1. The summed E-state index contributed by atoms with van der Waals surface area (Å²) < 4.78 is 13.1. The number of anilines is 1. The molecule has 0 spiro atoms. The van der Waals surface area contributed by atoms with E-state index in [1.807, 2.05) is 19.1 Å². The van der Waals surface area contributed by atoms with Crippen molar-refractivity contribution in [1.29, 1.82) is 0 Å². The maximum atomic E-state index is 12.4. The van der Waals surface area contributed by atoms with Crippen LogP contribution in [0.15, 0.2) is 18.2 Å². The monoisotopic (exact) mass is 371 g/mol. The smallest absolute Gasteiger partial charge is 0.235 e. The summed E-state index contributed by atoms with van der Waals surface area (Å²) in [7, 11) is 0. The van der Waals surface area contributed by atoms with Crippen molar-refractivity contribution in [3.63, 3.8) is 0 Å². The second-order valence-corrected chi connectivity index (χ2v) is 8.18. The standard InChI is InChI=1S/C19H21N3O3S/c1-11-17-18(12-6-7-14-15(8-12)25-10-24-14)26-9-16(23)20-19(17)22(21-11)13-4-2-3-5-13/h6-8,13,18H,2-5,9-10H2,1H3,(H,20,23)/t18-/m1/s1. The number of carbonyl (C=O) groups excluding carboxylic acids is 1. The number of nitrogens with one attached hydrogen (secondary N) is 1. The van der Waals surface area contributed by atoms with E-state index in [0.717, 1.165) is 47.0 Å². The van der Waals surface area contributed by atoms with Crippen LogP contribution in [0.2, 0.25) is 0 Å². The predicted molar refractivity (Wildman–Crippen MR) is 100.0 cm³/mol. The van der Waals surface area contributed by atoms with Gasteiger partial charge in [0, 0.05) is 5.56 Å². The Morgan fingerprint density at radius 2 is 2.04 bits per heavy atom. The predicted octanol–water partition coefficient (Wildman–Crippen LogP) is 3.81. The van der Waals surface area contributed by atoms with Crippen LogP contribution in [-0.4, -0.2) is 28.2 Å². The molecule has 2 aromatic rings. The highest BCUT2D eigenvalue weighted by Crippen LogP contribution is 2.47. The Balaban J connectivity index is 1.61. The average Bonchev–Trinajstić information content (AvgIpc) is 3.34. The molecule has 0 unspecified atom stereocenters. The molecule has 0 saturated heterocycles. The van der Waals surface area contributed by atoms with Gasteiger partial charge in [0.05, 0.1) is 22.7 Å². The number of benzene rings is 1. The fourth-order valence-electron chi connectivity index (χ4n) is 4.16. The molecule has 6 nitrogen and oxygen atoms in total. The highest BCUT2D eigenvalue weighted by atomic mass is 32.2. The van der Waals surface area contributed by atoms with Crippen molar-refractivity contribution < 1.29 is 14.3 Å². The molecule has 26 heavy (non-hydrogen) atoms. The lowest BCUT2D eigenvalue weighted by Gasteiger charge is -2.17. The third-order valence-corrected chi connectivity index (χ3v) is 6.67. The molecular formula is C19H21N3O3S. The Morgan fingerprint density at radius 1 is 1.23 bits per heavy atom. The molecule has 0 bridgehead atoms. The normalized spacial score (nSPS) is 22.2. The molecule has 3 heterocycles. The fraction of sp³-hybridized carbons (Fsp3) is 0.474. The Hall–Kier alpha value is -2.15.